The second-order valence-electron chi connectivity index (χ2n) is 17.1. The lowest BCUT2D eigenvalue weighted by molar-refractivity contribution is 0.0642. The van der Waals surface area contributed by atoms with Crippen LogP contribution in [0.15, 0.2) is 126 Å². The normalized spacial score (nSPS) is 17.9. The second kappa shape index (κ2) is 13.0. The van der Waals surface area contributed by atoms with Gasteiger partial charge in [-0.2, -0.15) is 0 Å². The van der Waals surface area contributed by atoms with Crippen molar-refractivity contribution in [2.24, 2.45) is 10.8 Å². The number of thioether (sulfide) groups is 1. The van der Waals surface area contributed by atoms with Crippen molar-refractivity contribution in [3.05, 3.63) is 149 Å². The summed E-state index contributed by atoms with van der Waals surface area (Å²) in [6.45, 7) is 9.85. The molecule has 1 aliphatic heterocycles. The number of fused-ring (bicyclic) bond motifs is 10. The molecule has 1 spiro atoms. The first-order chi connectivity index (χ1) is 26.5. The molecule has 0 amide bonds. The van der Waals surface area contributed by atoms with E-state index in [1.165, 1.54) is 34.2 Å². The van der Waals surface area contributed by atoms with Crippen molar-refractivity contribution < 1.29 is 18.9 Å². The molecule has 55 heavy (non-hydrogen) atoms. The van der Waals surface area contributed by atoms with Gasteiger partial charge in [0, 0.05) is 27.5 Å². The van der Waals surface area contributed by atoms with Gasteiger partial charge in [-0.25, -0.2) is 0 Å². The molecule has 0 unspecified atom stereocenters. The molecule has 278 valence electrons. The summed E-state index contributed by atoms with van der Waals surface area (Å²) in [5.74, 6) is 4.17. The van der Waals surface area contributed by atoms with E-state index >= 15 is 0 Å². The fourth-order valence-electron chi connectivity index (χ4n) is 10.7. The Morgan fingerprint density at radius 2 is 1.24 bits per heavy atom. The Morgan fingerprint density at radius 3 is 1.84 bits per heavy atom. The van der Waals surface area contributed by atoms with Gasteiger partial charge in [-0.15, -0.1) is 11.8 Å². The van der Waals surface area contributed by atoms with Crippen molar-refractivity contribution in [3.8, 4) is 39.9 Å². The van der Waals surface area contributed by atoms with Gasteiger partial charge in [-0.1, -0.05) is 101 Å². The summed E-state index contributed by atoms with van der Waals surface area (Å²) in [7, 11) is 3.41. The summed E-state index contributed by atoms with van der Waals surface area (Å²) in [5, 5.41) is 2.23. The van der Waals surface area contributed by atoms with Crippen LogP contribution in [0.2, 0.25) is 0 Å². The third-order valence-electron chi connectivity index (χ3n) is 12.0. The smallest absolute Gasteiger partial charge is 0.178 e. The van der Waals surface area contributed by atoms with E-state index in [0.717, 1.165) is 68.4 Å². The van der Waals surface area contributed by atoms with Crippen LogP contribution in [0, 0.1) is 10.8 Å². The third kappa shape index (κ3) is 5.73. The number of ether oxygens (including phenoxy) is 4. The quantitative estimate of drug-likeness (QED) is 0.152. The van der Waals surface area contributed by atoms with Gasteiger partial charge >= 0.3 is 0 Å². The average Bonchev–Trinajstić information content (AvgIpc) is 3.45. The zero-order valence-corrected chi connectivity index (χ0v) is 33.6. The number of rotatable bonds is 7. The van der Waals surface area contributed by atoms with Gasteiger partial charge in [0.25, 0.3) is 0 Å². The molecule has 6 aromatic rings. The van der Waals surface area contributed by atoms with Crippen molar-refractivity contribution >= 4 is 28.6 Å². The predicted molar refractivity (Wildman–Crippen MR) is 226 cm³/mol. The topological polar surface area (TPSA) is 36.9 Å². The lowest BCUT2D eigenvalue weighted by Crippen LogP contribution is -2.44. The van der Waals surface area contributed by atoms with Gasteiger partial charge < -0.3 is 18.9 Å². The van der Waals surface area contributed by atoms with E-state index < -0.39 is 5.60 Å². The zero-order valence-electron chi connectivity index (χ0n) is 32.8. The molecule has 2 aliphatic carbocycles. The Morgan fingerprint density at radius 1 is 0.636 bits per heavy atom. The maximum Gasteiger partial charge on any atom is 0.178 e. The van der Waals surface area contributed by atoms with E-state index in [1.54, 1.807) is 26.0 Å². The van der Waals surface area contributed by atoms with E-state index in [9.17, 15) is 0 Å². The molecular formula is C50H48O4S. The van der Waals surface area contributed by atoms with E-state index in [1.807, 2.05) is 54.6 Å². The number of benzene rings is 6. The highest BCUT2D eigenvalue weighted by molar-refractivity contribution is 7.98. The Bertz CT molecular complexity index is 2400. The van der Waals surface area contributed by atoms with Crippen LogP contribution in [-0.4, -0.2) is 20.5 Å². The lowest BCUT2D eigenvalue weighted by Gasteiger charge is -2.52. The van der Waals surface area contributed by atoms with Crippen molar-refractivity contribution in [2.45, 2.75) is 62.9 Å². The highest BCUT2D eigenvalue weighted by Crippen LogP contribution is 2.67. The largest absolute Gasteiger partial charge is 0.497 e. The average molecular weight is 745 g/mol. The Kier molecular flexibility index (Phi) is 8.40. The molecule has 1 heterocycles. The summed E-state index contributed by atoms with van der Waals surface area (Å²) in [5.41, 5.74) is 7.75. The molecule has 0 aromatic heterocycles. The van der Waals surface area contributed by atoms with Crippen LogP contribution in [-0.2, 0) is 11.0 Å². The first-order valence-electron chi connectivity index (χ1n) is 19.2. The van der Waals surface area contributed by atoms with Crippen LogP contribution >= 0.6 is 11.8 Å². The molecule has 1 fully saturated rings. The van der Waals surface area contributed by atoms with E-state index in [-0.39, 0.29) is 16.2 Å². The number of methoxy groups -OCH3 is 2. The van der Waals surface area contributed by atoms with Crippen LogP contribution in [0.3, 0.4) is 0 Å². The predicted octanol–water partition coefficient (Wildman–Crippen LogP) is 13.2. The standard InChI is InChI=1S/C50H48O4S/c1-47(2)29-48(3,4)31-49(30-47)41-16-12-11-15-37(41)44-39-27-42(53-36-13-9-8-10-14-36)43(55-7)28-40(39)46-38(45(44)49)25-26-50(54-46,32-17-21-34(51-5)22-18-32)33-19-23-35(52-6)24-20-33/h8-28H,29-31H2,1-7H3. The molecule has 5 heteroatoms. The molecule has 0 atom stereocenters. The number of hydrogen-bond donors (Lipinski definition) is 0. The molecule has 0 radical (unpaired) electrons. The molecule has 1 saturated carbocycles. The summed E-state index contributed by atoms with van der Waals surface area (Å²) >= 11 is 1.69. The van der Waals surface area contributed by atoms with E-state index in [0.29, 0.717) is 0 Å². The van der Waals surface area contributed by atoms with Crippen LogP contribution in [0.4, 0.5) is 0 Å². The SMILES string of the molecule is COc1ccc(C2(c3ccc(OC)cc3)C=Cc3c4c(c5cc(Oc6ccccc6)c(SC)cc5c3O2)-c2ccccc2C42CC(C)(C)CC(C)(C)C2)cc1. The summed E-state index contributed by atoms with van der Waals surface area (Å²) in [6.07, 6.45) is 10.1. The third-order valence-corrected chi connectivity index (χ3v) is 12.8. The molecule has 3 aliphatic rings. The summed E-state index contributed by atoms with van der Waals surface area (Å²) < 4.78 is 25.7. The molecule has 4 nitrogen and oxygen atoms in total. The minimum absolute atomic E-state index is 0.123. The highest BCUT2D eigenvalue weighted by Gasteiger charge is 2.55. The molecule has 0 saturated heterocycles. The molecule has 9 rings (SSSR count). The Balaban J connectivity index is 1.38. The fraction of sp³-hybridized carbons (Fsp3) is 0.280. The van der Waals surface area contributed by atoms with Crippen LogP contribution in [0.25, 0.3) is 28.0 Å². The van der Waals surface area contributed by atoms with Crippen LogP contribution in [0.5, 0.6) is 28.7 Å². The lowest BCUT2D eigenvalue weighted by atomic mass is 9.52. The minimum atomic E-state index is -0.921. The Labute approximate surface area is 329 Å². The maximum atomic E-state index is 7.75. The van der Waals surface area contributed by atoms with Gasteiger partial charge in [0.05, 0.1) is 19.1 Å². The van der Waals surface area contributed by atoms with Crippen molar-refractivity contribution in [3.63, 3.8) is 0 Å². The monoisotopic (exact) mass is 744 g/mol. The van der Waals surface area contributed by atoms with Crippen LogP contribution < -0.4 is 18.9 Å². The first-order valence-corrected chi connectivity index (χ1v) is 20.4. The fourth-order valence-corrected chi connectivity index (χ4v) is 11.2. The second-order valence-corrected chi connectivity index (χ2v) is 17.9. The first kappa shape index (κ1) is 35.6. The van der Waals surface area contributed by atoms with E-state index in [2.05, 4.69) is 107 Å². The summed E-state index contributed by atoms with van der Waals surface area (Å²) in [4.78, 5) is 1.05. The minimum Gasteiger partial charge on any atom is -0.497 e. The molecular weight excluding hydrogens is 697 g/mol. The Hall–Kier alpha value is -5.13. The van der Waals surface area contributed by atoms with Crippen LogP contribution in [0.1, 0.15) is 74.8 Å². The van der Waals surface area contributed by atoms with Crippen molar-refractivity contribution in [2.75, 3.05) is 20.5 Å². The molecule has 0 bridgehead atoms. The van der Waals surface area contributed by atoms with E-state index in [4.69, 9.17) is 18.9 Å². The zero-order chi connectivity index (χ0) is 38.2. The van der Waals surface area contributed by atoms with Gasteiger partial charge in [0.1, 0.15) is 28.7 Å². The maximum absolute atomic E-state index is 7.75. The number of hydrogen-bond acceptors (Lipinski definition) is 5. The van der Waals surface area contributed by atoms with Gasteiger partial charge in [0.15, 0.2) is 5.60 Å². The molecule has 6 aromatic carbocycles. The van der Waals surface area contributed by atoms with Gasteiger partial charge in [0.2, 0.25) is 0 Å². The number of para-hydroxylation sites is 1. The highest BCUT2D eigenvalue weighted by atomic mass is 32.2. The van der Waals surface area contributed by atoms with Gasteiger partial charge in [-0.3, -0.25) is 0 Å². The molecule has 0 N–H and O–H groups in total. The van der Waals surface area contributed by atoms with Crippen molar-refractivity contribution in [1.29, 1.82) is 0 Å². The van der Waals surface area contributed by atoms with Crippen molar-refractivity contribution in [1.82, 2.24) is 0 Å². The van der Waals surface area contributed by atoms with Gasteiger partial charge in [-0.05, 0) is 119 Å². The summed E-state index contributed by atoms with van der Waals surface area (Å²) in [6, 6.07) is 40.4.